The SMILES string of the molecule is NC=C(Br)c1nc(NCc2cccnc2)cc(C2CCCN(S(=O)(=O)c3cccc(C(F)(F)F)c3)C2)n1. The Labute approximate surface area is 221 Å². The Morgan fingerprint density at radius 2 is 2.03 bits per heavy atom. The summed E-state index contributed by atoms with van der Waals surface area (Å²) in [6.45, 7) is 0.723. The van der Waals surface area contributed by atoms with Crippen LogP contribution in [0.15, 0.2) is 66.0 Å². The fraction of sp³-hybridized carbons (Fsp3) is 0.292. The molecule has 196 valence electrons. The highest BCUT2D eigenvalue weighted by atomic mass is 79.9. The molecule has 0 spiro atoms. The van der Waals surface area contributed by atoms with Crippen LogP contribution in [0.4, 0.5) is 19.0 Å². The molecule has 1 atom stereocenters. The Kier molecular flexibility index (Phi) is 8.14. The lowest BCUT2D eigenvalue weighted by molar-refractivity contribution is -0.137. The molecule has 0 aliphatic carbocycles. The summed E-state index contributed by atoms with van der Waals surface area (Å²) in [4.78, 5) is 12.8. The molecular weight excluding hydrogens is 573 g/mol. The Morgan fingerprint density at radius 3 is 2.73 bits per heavy atom. The topological polar surface area (TPSA) is 114 Å². The van der Waals surface area contributed by atoms with Gasteiger partial charge in [-0.05, 0) is 58.6 Å². The summed E-state index contributed by atoms with van der Waals surface area (Å²) in [5.74, 6) is 0.542. The molecule has 3 heterocycles. The van der Waals surface area contributed by atoms with Gasteiger partial charge in [0.05, 0.1) is 20.6 Å². The molecule has 0 amide bonds. The van der Waals surface area contributed by atoms with Crippen molar-refractivity contribution in [1.29, 1.82) is 0 Å². The molecule has 1 fully saturated rings. The van der Waals surface area contributed by atoms with Crippen molar-refractivity contribution in [3.8, 4) is 0 Å². The van der Waals surface area contributed by atoms with E-state index < -0.39 is 21.8 Å². The summed E-state index contributed by atoms with van der Waals surface area (Å²) in [5.41, 5.74) is 6.18. The van der Waals surface area contributed by atoms with Crippen molar-refractivity contribution in [2.45, 2.75) is 36.4 Å². The van der Waals surface area contributed by atoms with Crippen LogP contribution in [0.2, 0.25) is 0 Å². The molecule has 0 radical (unpaired) electrons. The van der Waals surface area contributed by atoms with E-state index in [9.17, 15) is 21.6 Å². The molecule has 13 heteroatoms. The molecule has 3 aromatic rings. The van der Waals surface area contributed by atoms with E-state index in [4.69, 9.17) is 5.73 Å². The Morgan fingerprint density at radius 1 is 1.22 bits per heavy atom. The van der Waals surface area contributed by atoms with E-state index in [-0.39, 0.29) is 23.9 Å². The highest BCUT2D eigenvalue weighted by Crippen LogP contribution is 2.34. The van der Waals surface area contributed by atoms with Crippen molar-refractivity contribution < 1.29 is 21.6 Å². The van der Waals surface area contributed by atoms with Crippen LogP contribution >= 0.6 is 15.9 Å². The van der Waals surface area contributed by atoms with Crippen LogP contribution in [-0.2, 0) is 22.7 Å². The summed E-state index contributed by atoms with van der Waals surface area (Å²) in [5, 5.41) is 3.23. The van der Waals surface area contributed by atoms with E-state index in [1.165, 1.54) is 16.6 Å². The molecule has 4 rings (SSSR count). The number of piperidine rings is 1. The summed E-state index contributed by atoms with van der Waals surface area (Å²) in [6, 6.07) is 9.29. The monoisotopic (exact) mass is 596 g/mol. The first-order valence-corrected chi connectivity index (χ1v) is 13.6. The molecule has 3 N–H and O–H groups in total. The molecule has 8 nitrogen and oxygen atoms in total. The van der Waals surface area contributed by atoms with Gasteiger partial charge in [-0.1, -0.05) is 12.1 Å². The van der Waals surface area contributed by atoms with E-state index in [2.05, 4.69) is 36.2 Å². The first kappa shape index (κ1) is 27.0. The minimum absolute atomic E-state index is 0.0705. The van der Waals surface area contributed by atoms with E-state index in [0.29, 0.717) is 47.3 Å². The van der Waals surface area contributed by atoms with E-state index in [0.717, 1.165) is 17.7 Å². The average molecular weight is 597 g/mol. The van der Waals surface area contributed by atoms with E-state index >= 15 is 0 Å². The average Bonchev–Trinajstić information content (AvgIpc) is 2.91. The zero-order valence-corrected chi connectivity index (χ0v) is 21.9. The van der Waals surface area contributed by atoms with Gasteiger partial charge in [0.2, 0.25) is 10.0 Å². The molecular formula is C24H24BrF3N6O2S. The number of anilines is 1. The van der Waals surface area contributed by atoms with Gasteiger partial charge in [0.15, 0.2) is 5.82 Å². The second kappa shape index (κ2) is 11.2. The highest BCUT2D eigenvalue weighted by molar-refractivity contribution is 9.15. The lowest BCUT2D eigenvalue weighted by atomic mass is 9.96. The Bertz CT molecular complexity index is 1390. The van der Waals surface area contributed by atoms with Crippen LogP contribution in [0.25, 0.3) is 4.48 Å². The summed E-state index contributed by atoms with van der Waals surface area (Å²) in [7, 11) is -4.15. The molecule has 0 bridgehead atoms. The largest absolute Gasteiger partial charge is 0.416 e. The number of benzene rings is 1. The first-order valence-electron chi connectivity index (χ1n) is 11.3. The third kappa shape index (κ3) is 6.46. The van der Waals surface area contributed by atoms with Crippen LogP contribution in [0.3, 0.4) is 0 Å². The van der Waals surface area contributed by atoms with Crippen LogP contribution in [0.5, 0.6) is 0 Å². The maximum absolute atomic E-state index is 13.3. The van der Waals surface area contributed by atoms with Crippen LogP contribution < -0.4 is 11.1 Å². The molecule has 0 saturated carbocycles. The van der Waals surface area contributed by atoms with Gasteiger partial charge in [-0.15, -0.1) is 0 Å². The van der Waals surface area contributed by atoms with Crippen molar-refractivity contribution in [3.63, 3.8) is 0 Å². The van der Waals surface area contributed by atoms with Gasteiger partial charge in [-0.25, -0.2) is 18.4 Å². The molecule has 2 aromatic heterocycles. The van der Waals surface area contributed by atoms with Crippen molar-refractivity contribution in [2.75, 3.05) is 18.4 Å². The molecule has 1 unspecified atom stereocenters. The van der Waals surface area contributed by atoms with Gasteiger partial charge in [-0.3, -0.25) is 4.98 Å². The van der Waals surface area contributed by atoms with Crippen molar-refractivity contribution in [1.82, 2.24) is 19.3 Å². The predicted molar refractivity (Wildman–Crippen MR) is 137 cm³/mol. The standard InChI is InChI=1S/C24H24BrF3N6O2S/c25-20(12-29)23-32-21(11-22(33-23)31-14-16-4-2-8-30-13-16)17-5-3-9-34(15-17)37(35,36)19-7-1-6-18(10-19)24(26,27)28/h1-2,4,6-8,10-13,17H,3,5,9,14-15,29H2,(H,31,32,33). The molecule has 1 aromatic carbocycles. The second-order valence-corrected chi connectivity index (χ2v) is 11.3. The van der Waals surface area contributed by atoms with Gasteiger partial charge in [0.1, 0.15) is 5.82 Å². The fourth-order valence-electron chi connectivity index (χ4n) is 4.03. The lowest BCUT2D eigenvalue weighted by Gasteiger charge is -2.32. The third-order valence-corrected chi connectivity index (χ3v) is 8.38. The molecule has 1 aliphatic rings. The van der Waals surface area contributed by atoms with Crippen LogP contribution in [-0.4, -0.2) is 40.8 Å². The van der Waals surface area contributed by atoms with Gasteiger partial charge in [0.25, 0.3) is 0 Å². The molecule has 37 heavy (non-hydrogen) atoms. The zero-order chi connectivity index (χ0) is 26.6. The lowest BCUT2D eigenvalue weighted by Crippen LogP contribution is -2.39. The van der Waals surface area contributed by atoms with E-state index in [1.54, 1.807) is 18.5 Å². The number of pyridine rings is 1. The van der Waals surface area contributed by atoms with Gasteiger partial charge < -0.3 is 11.1 Å². The van der Waals surface area contributed by atoms with Gasteiger partial charge in [0, 0.05) is 50.2 Å². The number of hydrogen-bond donors (Lipinski definition) is 2. The quantitative estimate of drug-likeness (QED) is 0.405. The summed E-state index contributed by atoms with van der Waals surface area (Å²) in [6.07, 6.45) is 1.25. The van der Waals surface area contributed by atoms with Crippen LogP contribution in [0, 0.1) is 0 Å². The third-order valence-electron chi connectivity index (χ3n) is 5.90. The zero-order valence-electron chi connectivity index (χ0n) is 19.5. The highest BCUT2D eigenvalue weighted by Gasteiger charge is 2.35. The summed E-state index contributed by atoms with van der Waals surface area (Å²) >= 11 is 3.35. The van der Waals surface area contributed by atoms with Crippen molar-refractivity contribution in [2.24, 2.45) is 5.73 Å². The number of rotatable bonds is 7. The normalized spacial score (nSPS) is 17.5. The smallest absolute Gasteiger partial charge is 0.404 e. The molecule has 1 aliphatic heterocycles. The Balaban J connectivity index is 1.60. The number of nitrogens with zero attached hydrogens (tertiary/aromatic N) is 4. The maximum atomic E-state index is 13.3. The molecule has 1 saturated heterocycles. The number of nitrogens with two attached hydrogens (primary N) is 1. The Hall–Kier alpha value is -3.03. The predicted octanol–water partition coefficient (Wildman–Crippen LogP) is 4.72. The number of alkyl halides is 3. The van der Waals surface area contributed by atoms with Gasteiger partial charge >= 0.3 is 6.18 Å². The van der Waals surface area contributed by atoms with Crippen molar-refractivity contribution >= 4 is 36.3 Å². The van der Waals surface area contributed by atoms with Gasteiger partial charge in [-0.2, -0.15) is 17.5 Å². The number of hydrogen-bond acceptors (Lipinski definition) is 7. The number of halogens is 4. The minimum Gasteiger partial charge on any atom is -0.404 e. The van der Waals surface area contributed by atoms with E-state index in [1.807, 2.05) is 12.1 Å². The number of sulfonamides is 1. The number of nitrogens with one attached hydrogen (secondary N) is 1. The maximum Gasteiger partial charge on any atom is 0.416 e. The number of aromatic nitrogens is 3. The minimum atomic E-state index is -4.64. The summed E-state index contributed by atoms with van der Waals surface area (Å²) < 4.78 is 67.7. The fourth-order valence-corrected chi connectivity index (χ4v) is 5.77. The van der Waals surface area contributed by atoms with Crippen molar-refractivity contribution in [3.05, 3.63) is 83.7 Å². The van der Waals surface area contributed by atoms with Crippen LogP contribution in [0.1, 0.15) is 41.4 Å². The second-order valence-electron chi connectivity index (χ2n) is 8.46. The first-order chi connectivity index (χ1) is 17.6.